The van der Waals surface area contributed by atoms with Crippen LogP contribution in [0.1, 0.15) is 23.6 Å². The third kappa shape index (κ3) is 3.73. The van der Waals surface area contributed by atoms with Crippen molar-refractivity contribution in [3.8, 4) is 11.5 Å². The largest absolute Gasteiger partial charge is 0.493 e. The van der Waals surface area contributed by atoms with Gasteiger partial charge in [-0.1, -0.05) is 19.1 Å². The summed E-state index contributed by atoms with van der Waals surface area (Å²) in [6, 6.07) is 10.6. The number of benzene rings is 2. The molecule has 2 aromatic rings. The first-order chi connectivity index (χ1) is 10.2. The molecule has 0 atom stereocenters. The quantitative estimate of drug-likeness (QED) is 0.886. The van der Waals surface area contributed by atoms with Gasteiger partial charge in [0.2, 0.25) is 0 Å². The third-order valence-corrected chi connectivity index (χ3v) is 3.37. The van der Waals surface area contributed by atoms with E-state index in [9.17, 15) is 4.39 Å². The van der Waals surface area contributed by atoms with Crippen LogP contribution in [0.2, 0.25) is 0 Å². The Kier molecular flexibility index (Phi) is 5.17. The van der Waals surface area contributed by atoms with Crippen molar-refractivity contribution in [3.05, 3.63) is 58.9 Å². The minimum Gasteiger partial charge on any atom is -0.493 e. The summed E-state index contributed by atoms with van der Waals surface area (Å²) in [7, 11) is 1.59. The number of ether oxygens (including phenoxy) is 2. The monoisotopic (exact) mass is 289 g/mol. The van der Waals surface area contributed by atoms with Gasteiger partial charge in [-0.05, 0) is 41.8 Å². The average molecular weight is 289 g/mol. The van der Waals surface area contributed by atoms with Crippen molar-refractivity contribution in [1.82, 2.24) is 0 Å². The highest BCUT2D eigenvalue weighted by Crippen LogP contribution is 2.29. The van der Waals surface area contributed by atoms with E-state index in [0.29, 0.717) is 23.6 Å². The van der Waals surface area contributed by atoms with E-state index in [-0.39, 0.29) is 12.4 Å². The second-order valence-corrected chi connectivity index (χ2v) is 4.76. The molecule has 2 rings (SSSR count). The summed E-state index contributed by atoms with van der Waals surface area (Å²) in [4.78, 5) is 0. The van der Waals surface area contributed by atoms with Gasteiger partial charge in [0.1, 0.15) is 12.4 Å². The zero-order valence-corrected chi connectivity index (χ0v) is 12.4. The summed E-state index contributed by atoms with van der Waals surface area (Å²) in [6.45, 7) is 2.59. The normalized spacial score (nSPS) is 10.5. The van der Waals surface area contributed by atoms with Crippen molar-refractivity contribution in [1.29, 1.82) is 0 Å². The Labute approximate surface area is 124 Å². The van der Waals surface area contributed by atoms with Crippen LogP contribution in [0.25, 0.3) is 0 Å². The highest BCUT2D eigenvalue weighted by Gasteiger charge is 2.08. The van der Waals surface area contributed by atoms with Gasteiger partial charge in [0.25, 0.3) is 0 Å². The van der Waals surface area contributed by atoms with Crippen LogP contribution in [0.3, 0.4) is 0 Å². The van der Waals surface area contributed by atoms with Crippen LogP contribution in [0.5, 0.6) is 11.5 Å². The van der Waals surface area contributed by atoms with Gasteiger partial charge in [-0.15, -0.1) is 0 Å². The number of rotatable bonds is 6. The van der Waals surface area contributed by atoms with Gasteiger partial charge < -0.3 is 15.2 Å². The van der Waals surface area contributed by atoms with E-state index in [2.05, 4.69) is 6.92 Å². The third-order valence-electron chi connectivity index (χ3n) is 3.37. The fourth-order valence-electron chi connectivity index (χ4n) is 2.07. The first-order valence-electron chi connectivity index (χ1n) is 6.95. The molecule has 0 saturated heterocycles. The Hall–Kier alpha value is -2.07. The van der Waals surface area contributed by atoms with Gasteiger partial charge in [-0.2, -0.15) is 0 Å². The van der Waals surface area contributed by atoms with Gasteiger partial charge in [0.05, 0.1) is 7.11 Å². The maximum Gasteiger partial charge on any atom is 0.161 e. The van der Waals surface area contributed by atoms with Crippen molar-refractivity contribution >= 4 is 0 Å². The number of hydrogen-bond acceptors (Lipinski definition) is 3. The van der Waals surface area contributed by atoms with Gasteiger partial charge in [-0.3, -0.25) is 0 Å². The lowest BCUT2D eigenvalue weighted by Crippen LogP contribution is -2.03. The Bertz CT molecular complexity index is 614. The molecule has 112 valence electrons. The summed E-state index contributed by atoms with van der Waals surface area (Å²) in [5, 5.41) is 0. The lowest BCUT2D eigenvalue weighted by Gasteiger charge is -2.13. The minimum atomic E-state index is -0.295. The molecule has 0 aliphatic rings. The van der Waals surface area contributed by atoms with Crippen LogP contribution >= 0.6 is 0 Å². The molecule has 0 radical (unpaired) electrons. The molecule has 2 aromatic carbocycles. The standard InChI is InChI=1S/C17H20FNO2/c1-3-12-5-7-16(17(9-12)20-2)21-11-14-8-13(10-19)4-6-15(14)18/h4-9H,3,10-11,19H2,1-2H3. The molecule has 2 N–H and O–H groups in total. The summed E-state index contributed by atoms with van der Waals surface area (Å²) in [5.41, 5.74) is 8.10. The molecule has 0 spiro atoms. The highest BCUT2D eigenvalue weighted by molar-refractivity contribution is 5.43. The second kappa shape index (κ2) is 7.09. The average Bonchev–Trinajstić information content (AvgIpc) is 2.54. The topological polar surface area (TPSA) is 44.5 Å². The summed E-state index contributed by atoms with van der Waals surface area (Å²) in [5.74, 6) is 0.966. The van der Waals surface area contributed by atoms with Gasteiger partial charge in [-0.25, -0.2) is 4.39 Å². The van der Waals surface area contributed by atoms with Gasteiger partial charge in [0.15, 0.2) is 11.5 Å². The lowest BCUT2D eigenvalue weighted by atomic mass is 10.1. The molecule has 0 fully saturated rings. The zero-order chi connectivity index (χ0) is 15.2. The molecule has 0 bridgehead atoms. The van der Waals surface area contributed by atoms with Crippen molar-refractivity contribution < 1.29 is 13.9 Å². The van der Waals surface area contributed by atoms with Crippen molar-refractivity contribution in [2.24, 2.45) is 5.73 Å². The first-order valence-corrected chi connectivity index (χ1v) is 6.95. The van der Waals surface area contributed by atoms with Crippen molar-refractivity contribution in [2.75, 3.05) is 7.11 Å². The predicted octanol–water partition coefficient (Wildman–Crippen LogP) is 3.43. The molecule has 4 heteroatoms. The number of nitrogens with two attached hydrogens (primary N) is 1. The van der Waals surface area contributed by atoms with Crippen LogP contribution < -0.4 is 15.2 Å². The van der Waals surface area contributed by atoms with Crippen molar-refractivity contribution in [2.45, 2.75) is 26.5 Å². The number of methoxy groups -OCH3 is 1. The molecule has 0 amide bonds. The van der Waals surface area contributed by atoms with Crippen LogP contribution in [0, 0.1) is 5.82 Å². The molecule has 0 unspecified atom stereocenters. The highest BCUT2D eigenvalue weighted by atomic mass is 19.1. The maximum absolute atomic E-state index is 13.8. The van der Waals surface area contributed by atoms with E-state index in [1.54, 1.807) is 19.2 Å². The van der Waals surface area contributed by atoms with Gasteiger partial charge >= 0.3 is 0 Å². The minimum absolute atomic E-state index is 0.140. The Morgan fingerprint density at radius 2 is 1.81 bits per heavy atom. The van der Waals surface area contributed by atoms with Crippen molar-refractivity contribution in [3.63, 3.8) is 0 Å². The van der Waals surface area contributed by atoms with Crippen LogP contribution in [0.4, 0.5) is 4.39 Å². The van der Waals surface area contributed by atoms with Crippen LogP contribution in [0.15, 0.2) is 36.4 Å². The zero-order valence-electron chi connectivity index (χ0n) is 12.4. The molecule has 0 aromatic heterocycles. The Morgan fingerprint density at radius 1 is 1.05 bits per heavy atom. The molecule has 3 nitrogen and oxygen atoms in total. The van der Waals surface area contributed by atoms with Gasteiger partial charge in [0, 0.05) is 12.1 Å². The van der Waals surface area contributed by atoms with Crippen LogP contribution in [-0.2, 0) is 19.6 Å². The van der Waals surface area contributed by atoms with E-state index in [4.69, 9.17) is 15.2 Å². The fraction of sp³-hybridized carbons (Fsp3) is 0.294. The van der Waals surface area contributed by atoms with E-state index in [1.165, 1.54) is 6.07 Å². The Morgan fingerprint density at radius 3 is 2.48 bits per heavy atom. The molecule has 21 heavy (non-hydrogen) atoms. The Balaban J connectivity index is 2.16. The molecular weight excluding hydrogens is 269 g/mol. The van der Waals surface area contributed by atoms with E-state index in [1.807, 2.05) is 18.2 Å². The molecular formula is C17H20FNO2. The van der Waals surface area contributed by atoms with E-state index < -0.39 is 0 Å². The van der Waals surface area contributed by atoms with E-state index >= 15 is 0 Å². The molecule has 0 heterocycles. The van der Waals surface area contributed by atoms with E-state index in [0.717, 1.165) is 17.5 Å². The number of aryl methyl sites for hydroxylation is 1. The second-order valence-electron chi connectivity index (χ2n) is 4.76. The summed E-state index contributed by atoms with van der Waals surface area (Å²) >= 11 is 0. The lowest BCUT2D eigenvalue weighted by molar-refractivity contribution is 0.279. The molecule has 0 aliphatic heterocycles. The smallest absolute Gasteiger partial charge is 0.161 e. The summed E-state index contributed by atoms with van der Waals surface area (Å²) < 4.78 is 24.8. The van der Waals surface area contributed by atoms with Crippen LogP contribution in [-0.4, -0.2) is 7.11 Å². The molecule has 0 saturated carbocycles. The molecule has 0 aliphatic carbocycles. The fourth-order valence-corrected chi connectivity index (χ4v) is 2.07. The summed E-state index contributed by atoms with van der Waals surface area (Å²) in [6.07, 6.45) is 0.920. The number of hydrogen-bond donors (Lipinski definition) is 1. The SMILES string of the molecule is CCc1ccc(OCc2cc(CN)ccc2F)c(OC)c1. The predicted molar refractivity (Wildman–Crippen MR) is 81.0 cm³/mol. The first kappa shape index (κ1) is 15.3. The number of halogens is 1. The maximum atomic E-state index is 13.8.